The summed E-state index contributed by atoms with van der Waals surface area (Å²) in [6, 6.07) is 12.3. The van der Waals surface area contributed by atoms with Gasteiger partial charge in [0.25, 0.3) is 0 Å². The molecule has 0 aromatic heterocycles. The average molecular weight is 444 g/mol. The number of hydrogen-bond donors (Lipinski definition) is 1. The standard InChI is InChI=1S/C24H33N3O3S/c1-16-13-21-17(2)22(31(28,29)26(3)4)15-20(24(21)30-16)14-19-11-8-12-27(25)23(19)18-9-6-5-7-10-18/h5-7,9-10,15-16,19,23H,8,11-14,25H2,1-4H3/t16-,19-,23?/m0/s1. The Morgan fingerprint density at radius 2 is 1.94 bits per heavy atom. The zero-order valence-corrected chi connectivity index (χ0v) is 19.7. The number of hydrazine groups is 1. The van der Waals surface area contributed by atoms with Crippen molar-refractivity contribution in [3.05, 3.63) is 58.7 Å². The fourth-order valence-corrected chi connectivity index (χ4v) is 6.29. The van der Waals surface area contributed by atoms with Crippen LogP contribution >= 0.6 is 0 Å². The average Bonchev–Trinajstić information content (AvgIpc) is 3.13. The van der Waals surface area contributed by atoms with Gasteiger partial charge in [-0.1, -0.05) is 30.3 Å². The summed E-state index contributed by atoms with van der Waals surface area (Å²) in [5.41, 5.74) is 4.02. The maximum Gasteiger partial charge on any atom is 0.242 e. The molecule has 3 atom stereocenters. The first-order valence-electron chi connectivity index (χ1n) is 11.0. The number of ether oxygens (including phenoxy) is 1. The monoisotopic (exact) mass is 443 g/mol. The number of nitrogens with two attached hydrogens (primary N) is 1. The largest absolute Gasteiger partial charge is 0.490 e. The number of nitrogens with zero attached hydrogens (tertiary/aromatic N) is 2. The number of fused-ring (bicyclic) bond motifs is 1. The van der Waals surface area contributed by atoms with Gasteiger partial charge in [0.2, 0.25) is 10.0 Å². The molecule has 0 radical (unpaired) electrons. The van der Waals surface area contributed by atoms with E-state index >= 15 is 0 Å². The summed E-state index contributed by atoms with van der Waals surface area (Å²) < 4.78 is 33.6. The Morgan fingerprint density at radius 3 is 2.61 bits per heavy atom. The molecule has 2 aliphatic rings. The molecule has 0 spiro atoms. The fraction of sp³-hybridized carbons (Fsp3) is 0.500. The van der Waals surface area contributed by atoms with Crippen LogP contribution in [-0.2, 0) is 22.9 Å². The van der Waals surface area contributed by atoms with Gasteiger partial charge >= 0.3 is 0 Å². The van der Waals surface area contributed by atoms with E-state index in [1.165, 1.54) is 9.87 Å². The van der Waals surface area contributed by atoms with Crippen molar-refractivity contribution in [1.82, 2.24) is 9.31 Å². The molecule has 6 nitrogen and oxygen atoms in total. The third-order valence-electron chi connectivity index (χ3n) is 6.68. The van der Waals surface area contributed by atoms with Gasteiger partial charge in [0, 0.05) is 32.6 Å². The van der Waals surface area contributed by atoms with E-state index in [9.17, 15) is 8.42 Å². The van der Waals surface area contributed by atoms with Crippen molar-refractivity contribution in [3.63, 3.8) is 0 Å². The molecule has 2 aliphatic heterocycles. The van der Waals surface area contributed by atoms with Crippen molar-refractivity contribution in [2.45, 2.75) is 56.6 Å². The highest BCUT2D eigenvalue weighted by Gasteiger charge is 2.35. The van der Waals surface area contributed by atoms with Crippen LogP contribution < -0.4 is 10.6 Å². The van der Waals surface area contributed by atoms with Crippen LogP contribution in [0.3, 0.4) is 0 Å². The molecule has 168 valence electrons. The maximum absolute atomic E-state index is 13.1. The lowest BCUT2D eigenvalue weighted by Crippen LogP contribution is -2.44. The fourth-order valence-electron chi connectivity index (χ4n) is 5.10. The highest BCUT2D eigenvalue weighted by Crippen LogP contribution is 2.43. The topological polar surface area (TPSA) is 75.9 Å². The first kappa shape index (κ1) is 22.3. The van der Waals surface area contributed by atoms with Crippen molar-refractivity contribution in [1.29, 1.82) is 0 Å². The van der Waals surface area contributed by atoms with E-state index in [4.69, 9.17) is 10.6 Å². The quantitative estimate of drug-likeness (QED) is 0.717. The predicted molar refractivity (Wildman–Crippen MR) is 122 cm³/mol. The molecule has 1 unspecified atom stereocenters. The Bertz CT molecular complexity index is 1050. The van der Waals surface area contributed by atoms with Crippen LogP contribution in [0.15, 0.2) is 41.3 Å². The van der Waals surface area contributed by atoms with Gasteiger partial charge in [0.1, 0.15) is 11.9 Å². The van der Waals surface area contributed by atoms with E-state index in [0.29, 0.717) is 4.90 Å². The molecule has 7 heteroatoms. The smallest absolute Gasteiger partial charge is 0.242 e. The van der Waals surface area contributed by atoms with Crippen LogP contribution in [0.25, 0.3) is 0 Å². The van der Waals surface area contributed by atoms with E-state index in [2.05, 4.69) is 12.1 Å². The second-order valence-electron chi connectivity index (χ2n) is 9.09. The van der Waals surface area contributed by atoms with Crippen LogP contribution in [0.5, 0.6) is 5.75 Å². The third kappa shape index (κ3) is 4.12. The van der Waals surface area contributed by atoms with Crippen LogP contribution in [-0.4, -0.2) is 44.5 Å². The Kier molecular flexibility index (Phi) is 6.14. The van der Waals surface area contributed by atoms with Crippen molar-refractivity contribution >= 4 is 10.0 Å². The van der Waals surface area contributed by atoms with Crippen molar-refractivity contribution in [2.75, 3.05) is 20.6 Å². The molecule has 0 saturated carbocycles. The summed E-state index contributed by atoms with van der Waals surface area (Å²) in [6.45, 7) is 4.80. The number of benzene rings is 2. The van der Waals surface area contributed by atoms with Crippen LogP contribution in [0, 0.1) is 12.8 Å². The summed E-state index contributed by atoms with van der Waals surface area (Å²) >= 11 is 0. The molecule has 1 saturated heterocycles. The molecule has 2 N–H and O–H groups in total. The van der Waals surface area contributed by atoms with E-state index in [1.807, 2.05) is 43.1 Å². The van der Waals surface area contributed by atoms with E-state index in [0.717, 1.165) is 54.7 Å². The summed E-state index contributed by atoms with van der Waals surface area (Å²) in [7, 11) is -0.378. The van der Waals surface area contributed by atoms with Gasteiger partial charge in [0.05, 0.1) is 10.9 Å². The molecule has 2 heterocycles. The zero-order valence-electron chi connectivity index (χ0n) is 18.8. The minimum absolute atomic E-state index is 0.0482. The Balaban J connectivity index is 1.78. The normalized spacial score (nSPS) is 24.3. The Hall–Kier alpha value is -1.93. The highest BCUT2D eigenvalue weighted by molar-refractivity contribution is 7.89. The molecule has 0 bridgehead atoms. The van der Waals surface area contributed by atoms with Crippen LogP contribution in [0.4, 0.5) is 0 Å². The van der Waals surface area contributed by atoms with Gasteiger partial charge in [-0.05, 0) is 61.8 Å². The van der Waals surface area contributed by atoms with Gasteiger partial charge in [-0.25, -0.2) is 17.7 Å². The van der Waals surface area contributed by atoms with Gasteiger partial charge in [-0.3, -0.25) is 5.84 Å². The minimum atomic E-state index is -3.54. The lowest BCUT2D eigenvalue weighted by Gasteiger charge is -2.39. The molecule has 2 aromatic carbocycles. The number of sulfonamides is 1. The molecule has 4 rings (SSSR count). The SMILES string of the molecule is Cc1c(S(=O)(=O)N(C)C)cc(C[C@@H]2CCCN(N)C2c2ccccc2)c2c1C[C@H](C)O2. The summed E-state index contributed by atoms with van der Waals surface area (Å²) in [6.07, 6.45) is 3.59. The first-order valence-corrected chi connectivity index (χ1v) is 12.4. The van der Waals surface area contributed by atoms with Crippen molar-refractivity contribution in [3.8, 4) is 5.75 Å². The van der Waals surface area contributed by atoms with E-state index in [-0.39, 0.29) is 18.1 Å². The van der Waals surface area contributed by atoms with Gasteiger partial charge < -0.3 is 4.74 Å². The van der Waals surface area contributed by atoms with Gasteiger partial charge in [-0.2, -0.15) is 0 Å². The van der Waals surface area contributed by atoms with Gasteiger partial charge in [0.15, 0.2) is 0 Å². The van der Waals surface area contributed by atoms with E-state index < -0.39 is 10.0 Å². The van der Waals surface area contributed by atoms with Crippen LogP contribution in [0.1, 0.15) is 48.1 Å². The van der Waals surface area contributed by atoms with Crippen molar-refractivity contribution in [2.24, 2.45) is 11.8 Å². The third-order valence-corrected chi connectivity index (χ3v) is 8.62. The summed E-state index contributed by atoms with van der Waals surface area (Å²) in [5, 5.41) is 1.94. The molecule has 31 heavy (non-hydrogen) atoms. The first-order chi connectivity index (χ1) is 14.7. The van der Waals surface area contributed by atoms with Gasteiger partial charge in [-0.15, -0.1) is 0 Å². The molecule has 0 amide bonds. The second kappa shape index (κ2) is 8.54. The molecular weight excluding hydrogens is 410 g/mol. The zero-order chi connectivity index (χ0) is 22.3. The van der Waals surface area contributed by atoms with E-state index in [1.54, 1.807) is 14.1 Å². The lowest BCUT2D eigenvalue weighted by atomic mass is 9.81. The Labute approximate surface area is 186 Å². The number of piperidine rings is 1. The van der Waals surface area contributed by atoms with Crippen LogP contribution in [0.2, 0.25) is 0 Å². The Morgan fingerprint density at radius 1 is 1.23 bits per heavy atom. The highest BCUT2D eigenvalue weighted by atomic mass is 32.2. The maximum atomic E-state index is 13.1. The van der Waals surface area contributed by atoms with Crippen molar-refractivity contribution < 1.29 is 13.2 Å². The molecule has 1 fully saturated rings. The second-order valence-corrected chi connectivity index (χ2v) is 11.2. The minimum Gasteiger partial charge on any atom is -0.490 e. The summed E-state index contributed by atoms with van der Waals surface area (Å²) in [5.74, 6) is 7.61. The predicted octanol–water partition coefficient (Wildman–Crippen LogP) is 3.44. The number of hydrogen-bond acceptors (Lipinski definition) is 5. The summed E-state index contributed by atoms with van der Waals surface area (Å²) in [4.78, 5) is 0.389. The number of rotatable bonds is 5. The molecule has 2 aromatic rings. The molecular formula is C24H33N3O3S. The lowest BCUT2D eigenvalue weighted by molar-refractivity contribution is 0.0920. The molecule has 0 aliphatic carbocycles.